The Morgan fingerprint density at radius 2 is 1.26 bits per heavy atom. The van der Waals surface area contributed by atoms with Crippen molar-refractivity contribution in [3.63, 3.8) is 0 Å². The van der Waals surface area contributed by atoms with Crippen LogP contribution in [0.5, 0.6) is 0 Å². The minimum Gasteiger partial charge on any atom is -0.456 e. The summed E-state index contributed by atoms with van der Waals surface area (Å²) in [5.41, 5.74) is 11.8. The van der Waals surface area contributed by atoms with Gasteiger partial charge in [-0.2, -0.15) is 0 Å². The molecular formula is C33H25NO. The summed E-state index contributed by atoms with van der Waals surface area (Å²) in [6.07, 6.45) is 0. The van der Waals surface area contributed by atoms with E-state index in [9.17, 15) is 0 Å². The van der Waals surface area contributed by atoms with Crippen molar-refractivity contribution in [3.05, 3.63) is 120 Å². The molecular weight excluding hydrogens is 426 g/mol. The van der Waals surface area contributed by atoms with Gasteiger partial charge in [0.05, 0.1) is 0 Å². The molecule has 0 unspecified atom stereocenters. The molecule has 1 aromatic heterocycles. The van der Waals surface area contributed by atoms with Gasteiger partial charge in [-0.15, -0.1) is 0 Å². The quantitative estimate of drug-likeness (QED) is 0.290. The second kappa shape index (κ2) is 7.35. The average Bonchev–Trinajstić information content (AvgIpc) is 3.37. The molecule has 1 aliphatic carbocycles. The van der Waals surface area contributed by atoms with E-state index in [-0.39, 0.29) is 5.41 Å². The van der Waals surface area contributed by atoms with Crippen molar-refractivity contribution in [1.29, 1.82) is 0 Å². The van der Waals surface area contributed by atoms with Crippen LogP contribution in [-0.2, 0) is 5.41 Å². The molecule has 6 aromatic rings. The van der Waals surface area contributed by atoms with E-state index in [0.29, 0.717) is 0 Å². The number of hydrogen-bond donors (Lipinski definition) is 1. The minimum atomic E-state index is -0.0704. The van der Waals surface area contributed by atoms with E-state index in [1.165, 1.54) is 33.4 Å². The molecule has 0 fully saturated rings. The lowest BCUT2D eigenvalue weighted by Gasteiger charge is -2.25. The van der Waals surface area contributed by atoms with Gasteiger partial charge in [0.2, 0.25) is 0 Å². The Kier molecular flexibility index (Phi) is 4.22. The molecule has 0 saturated heterocycles. The van der Waals surface area contributed by atoms with Crippen LogP contribution in [0.4, 0.5) is 11.4 Å². The standard InChI is InChI=1S/C33H25NO/c1-33(2)27-14-6-3-11-23(27)25-13-9-16-29(32(25)33)34-28-15-7-4-10-22(28)21-18-19-31-26(20-21)24-12-5-8-17-30(24)35-31/h3-20,34H,1-2H3. The van der Waals surface area contributed by atoms with Crippen LogP contribution in [0, 0.1) is 0 Å². The molecule has 0 saturated carbocycles. The fraction of sp³-hybridized carbons (Fsp3) is 0.0909. The number of hydrogen-bond acceptors (Lipinski definition) is 2. The maximum atomic E-state index is 6.06. The van der Waals surface area contributed by atoms with Crippen molar-refractivity contribution in [2.75, 3.05) is 5.32 Å². The van der Waals surface area contributed by atoms with Crippen molar-refractivity contribution in [3.8, 4) is 22.3 Å². The lowest BCUT2D eigenvalue weighted by molar-refractivity contribution is 0.662. The highest BCUT2D eigenvalue weighted by atomic mass is 16.3. The molecule has 0 spiro atoms. The number of fused-ring (bicyclic) bond motifs is 6. The van der Waals surface area contributed by atoms with Crippen LogP contribution in [-0.4, -0.2) is 0 Å². The Morgan fingerprint density at radius 1 is 0.571 bits per heavy atom. The Morgan fingerprint density at radius 3 is 2.17 bits per heavy atom. The highest BCUT2D eigenvalue weighted by molar-refractivity contribution is 6.06. The zero-order valence-corrected chi connectivity index (χ0v) is 19.8. The molecule has 35 heavy (non-hydrogen) atoms. The molecule has 0 aliphatic heterocycles. The van der Waals surface area contributed by atoms with E-state index in [4.69, 9.17) is 4.42 Å². The van der Waals surface area contributed by atoms with Gasteiger partial charge >= 0.3 is 0 Å². The molecule has 1 heterocycles. The third kappa shape index (κ3) is 2.96. The van der Waals surface area contributed by atoms with Gasteiger partial charge in [-0.3, -0.25) is 0 Å². The Balaban J connectivity index is 1.36. The van der Waals surface area contributed by atoms with E-state index >= 15 is 0 Å². The third-order valence-corrected chi connectivity index (χ3v) is 7.46. The molecule has 168 valence electrons. The van der Waals surface area contributed by atoms with Crippen LogP contribution in [0.3, 0.4) is 0 Å². The molecule has 0 radical (unpaired) electrons. The summed E-state index contributed by atoms with van der Waals surface area (Å²) >= 11 is 0. The summed E-state index contributed by atoms with van der Waals surface area (Å²) in [5.74, 6) is 0. The number of furan rings is 1. The van der Waals surface area contributed by atoms with Crippen LogP contribution in [0.1, 0.15) is 25.0 Å². The van der Waals surface area contributed by atoms with E-state index in [0.717, 1.165) is 33.3 Å². The molecule has 2 nitrogen and oxygen atoms in total. The van der Waals surface area contributed by atoms with E-state index in [1.54, 1.807) is 0 Å². The van der Waals surface area contributed by atoms with Gasteiger partial charge in [-0.25, -0.2) is 0 Å². The van der Waals surface area contributed by atoms with E-state index < -0.39 is 0 Å². The number of nitrogens with one attached hydrogen (secondary N) is 1. The van der Waals surface area contributed by atoms with Gasteiger partial charge in [-0.05, 0) is 58.1 Å². The number of para-hydroxylation sites is 2. The molecule has 1 aliphatic rings. The SMILES string of the molecule is CC1(C)c2ccccc2-c2cccc(Nc3ccccc3-c3ccc4oc5ccccc5c4c3)c21. The predicted octanol–water partition coefficient (Wildman–Crippen LogP) is 9.30. The van der Waals surface area contributed by atoms with Crippen molar-refractivity contribution in [2.45, 2.75) is 19.3 Å². The zero-order chi connectivity index (χ0) is 23.6. The van der Waals surface area contributed by atoms with Crippen LogP contribution >= 0.6 is 0 Å². The van der Waals surface area contributed by atoms with Gasteiger partial charge in [0.1, 0.15) is 11.2 Å². The fourth-order valence-electron chi connectivity index (χ4n) is 5.83. The summed E-state index contributed by atoms with van der Waals surface area (Å²) in [7, 11) is 0. The number of benzene rings is 5. The molecule has 0 amide bonds. The maximum absolute atomic E-state index is 6.06. The van der Waals surface area contributed by atoms with Crippen molar-refractivity contribution in [1.82, 2.24) is 0 Å². The first kappa shape index (κ1) is 20.1. The Hall–Kier alpha value is -4.30. The summed E-state index contributed by atoms with van der Waals surface area (Å²) in [4.78, 5) is 0. The first-order chi connectivity index (χ1) is 17.1. The van der Waals surface area contributed by atoms with Gasteiger partial charge in [0.25, 0.3) is 0 Å². The predicted molar refractivity (Wildman–Crippen MR) is 146 cm³/mol. The number of anilines is 2. The van der Waals surface area contributed by atoms with Crippen LogP contribution in [0.15, 0.2) is 114 Å². The lowest BCUT2D eigenvalue weighted by Crippen LogP contribution is -2.16. The molecule has 0 atom stereocenters. The largest absolute Gasteiger partial charge is 0.456 e. The van der Waals surface area contributed by atoms with Crippen LogP contribution in [0.25, 0.3) is 44.2 Å². The maximum Gasteiger partial charge on any atom is 0.135 e. The lowest BCUT2D eigenvalue weighted by atomic mass is 9.81. The zero-order valence-electron chi connectivity index (χ0n) is 19.8. The van der Waals surface area contributed by atoms with E-state index in [1.807, 2.05) is 12.1 Å². The number of rotatable bonds is 3. The average molecular weight is 452 g/mol. The molecule has 5 aromatic carbocycles. The van der Waals surface area contributed by atoms with Crippen molar-refractivity contribution in [2.24, 2.45) is 0 Å². The summed E-state index contributed by atoms with van der Waals surface area (Å²) in [6.45, 7) is 4.65. The summed E-state index contributed by atoms with van der Waals surface area (Å²) in [6, 6.07) is 38.7. The summed E-state index contributed by atoms with van der Waals surface area (Å²) in [5, 5.41) is 6.11. The smallest absolute Gasteiger partial charge is 0.135 e. The monoisotopic (exact) mass is 451 g/mol. The highest BCUT2D eigenvalue weighted by Crippen LogP contribution is 2.52. The molecule has 0 bridgehead atoms. The second-order valence-corrected chi connectivity index (χ2v) is 9.88. The Labute approximate surface area is 204 Å². The van der Waals surface area contributed by atoms with Crippen molar-refractivity contribution < 1.29 is 4.42 Å². The Bertz CT molecular complexity index is 1750. The van der Waals surface area contributed by atoms with Crippen molar-refractivity contribution >= 4 is 33.3 Å². The highest BCUT2D eigenvalue weighted by Gasteiger charge is 2.37. The first-order valence-corrected chi connectivity index (χ1v) is 12.1. The molecule has 7 rings (SSSR count). The van der Waals surface area contributed by atoms with E-state index in [2.05, 4.69) is 116 Å². The summed E-state index contributed by atoms with van der Waals surface area (Å²) < 4.78 is 6.06. The van der Waals surface area contributed by atoms with Crippen LogP contribution < -0.4 is 5.32 Å². The fourth-order valence-corrected chi connectivity index (χ4v) is 5.83. The minimum absolute atomic E-state index is 0.0704. The third-order valence-electron chi connectivity index (χ3n) is 7.46. The van der Waals surface area contributed by atoms with Crippen LogP contribution in [0.2, 0.25) is 0 Å². The first-order valence-electron chi connectivity index (χ1n) is 12.1. The molecule has 1 N–H and O–H groups in total. The van der Waals surface area contributed by atoms with Gasteiger partial charge in [0.15, 0.2) is 0 Å². The van der Waals surface area contributed by atoms with Gasteiger partial charge in [0, 0.05) is 33.1 Å². The van der Waals surface area contributed by atoms with Gasteiger partial charge in [-0.1, -0.05) is 92.7 Å². The normalized spacial score (nSPS) is 13.7. The molecule has 2 heteroatoms. The topological polar surface area (TPSA) is 25.2 Å². The second-order valence-electron chi connectivity index (χ2n) is 9.88. The van der Waals surface area contributed by atoms with Gasteiger partial charge < -0.3 is 9.73 Å².